The zero-order valence-corrected chi connectivity index (χ0v) is 18.3. The minimum absolute atomic E-state index is 0.0542. The molecule has 2 aromatic rings. The summed E-state index contributed by atoms with van der Waals surface area (Å²) in [7, 11) is 0. The van der Waals surface area contributed by atoms with Gasteiger partial charge in [-0.1, -0.05) is 26.0 Å². The molecular weight excluding hydrogens is 405 g/mol. The van der Waals surface area contributed by atoms with Crippen LogP contribution >= 0.6 is 11.3 Å². The molecule has 1 fully saturated rings. The van der Waals surface area contributed by atoms with Crippen LogP contribution in [0.2, 0.25) is 0 Å². The van der Waals surface area contributed by atoms with Crippen molar-refractivity contribution in [3.05, 3.63) is 46.7 Å². The van der Waals surface area contributed by atoms with Crippen LogP contribution in [0.25, 0.3) is 0 Å². The Bertz CT molecular complexity index is 863. The maximum atomic E-state index is 13.7. The van der Waals surface area contributed by atoms with Crippen molar-refractivity contribution in [2.45, 2.75) is 13.8 Å². The lowest BCUT2D eigenvalue weighted by molar-refractivity contribution is 0.0619. The molecule has 9 heteroatoms. The molecule has 1 aliphatic heterocycles. The largest absolute Gasteiger partial charge is 0.335 e. The molecule has 1 aromatic heterocycles. The van der Waals surface area contributed by atoms with E-state index in [4.69, 9.17) is 0 Å². The van der Waals surface area contributed by atoms with E-state index in [0.717, 1.165) is 50.6 Å². The number of carbonyl (C=O) groups excluding carboxylic acids is 2. The van der Waals surface area contributed by atoms with Crippen molar-refractivity contribution in [3.8, 4) is 0 Å². The molecule has 7 nitrogen and oxygen atoms in total. The van der Waals surface area contributed by atoms with Crippen molar-refractivity contribution < 1.29 is 14.0 Å². The Hall–Kier alpha value is -2.36. The van der Waals surface area contributed by atoms with E-state index in [0.29, 0.717) is 18.8 Å². The third kappa shape index (κ3) is 5.62. The lowest BCUT2D eigenvalue weighted by Crippen LogP contribution is -2.50. The van der Waals surface area contributed by atoms with Crippen LogP contribution < -0.4 is 5.32 Å². The lowest BCUT2D eigenvalue weighted by Gasteiger charge is -2.35. The van der Waals surface area contributed by atoms with Gasteiger partial charge in [0, 0.05) is 44.6 Å². The second kappa shape index (κ2) is 10.6. The van der Waals surface area contributed by atoms with Crippen LogP contribution in [0.3, 0.4) is 0 Å². The van der Waals surface area contributed by atoms with Crippen molar-refractivity contribution in [2.75, 3.05) is 57.7 Å². The van der Waals surface area contributed by atoms with E-state index in [2.05, 4.69) is 33.9 Å². The van der Waals surface area contributed by atoms with Gasteiger partial charge < -0.3 is 9.80 Å². The van der Waals surface area contributed by atoms with Gasteiger partial charge in [-0.2, -0.15) is 0 Å². The van der Waals surface area contributed by atoms with E-state index in [1.165, 1.54) is 18.2 Å². The number of likely N-dealkylation sites (N-methyl/N-ethyl adjacent to an activating group) is 1. The predicted octanol–water partition coefficient (Wildman–Crippen LogP) is 2.63. The summed E-state index contributed by atoms with van der Waals surface area (Å²) < 4.78 is 13.7. The fourth-order valence-corrected chi connectivity index (χ4v) is 4.08. The first kappa shape index (κ1) is 22.3. The summed E-state index contributed by atoms with van der Waals surface area (Å²) in [5.41, 5.74) is 0.252. The first-order valence-corrected chi connectivity index (χ1v) is 11.1. The van der Waals surface area contributed by atoms with Gasteiger partial charge in [0.2, 0.25) is 0 Å². The van der Waals surface area contributed by atoms with Gasteiger partial charge >= 0.3 is 0 Å². The van der Waals surface area contributed by atoms with Gasteiger partial charge in [0.1, 0.15) is 11.5 Å². The molecule has 3 rings (SSSR count). The average Bonchev–Trinajstić information content (AvgIpc) is 3.23. The summed E-state index contributed by atoms with van der Waals surface area (Å²) in [6, 6.07) is 5.75. The monoisotopic (exact) mass is 433 g/mol. The molecule has 1 N–H and O–H groups in total. The molecule has 0 unspecified atom stereocenters. The molecule has 1 aliphatic rings. The fraction of sp³-hybridized carbons (Fsp3) is 0.476. The topological polar surface area (TPSA) is 68.8 Å². The highest BCUT2D eigenvalue weighted by atomic mass is 32.1. The van der Waals surface area contributed by atoms with Crippen LogP contribution in [0.5, 0.6) is 0 Å². The molecular formula is C21H28FN5O2S. The zero-order chi connectivity index (χ0) is 21.5. The molecule has 2 amide bonds. The lowest BCUT2D eigenvalue weighted by atomic mass is 10.2. The Kier molecular flexibility index (Phi) is 7.89. The minimum Gasteiger partial charge on any atom is -0.335 e. The predicted molar refractivity (Wildman–Crippen MR) is 117 cm³/mol. The minimum atomic E-state index is -0.596. The number of hydrogen-bond donors (Lipinski definition) is 1. The van der Waals surface area contributed by atoms with Crippen molar-refractivity contribution >= 4 is 28.3 Å². The number of carbonyl (C=O) groups is 2. The van der Waals surface area contributed by atoms with E-state index in [1.807, 2.05) is 0 Å². The summed E-state index contributed by atoms with van der Waals surface area (Å²) in [4.78, 5) is 35.8. The number of benzene rings is 1. The van der Waals surface area contributed by atoms with E-state index < -0.39 is 11.7 Å². The van der Waals surface area contributed by atoms with Crippen LogP contribution in [0.15, 0.2) is 29.6 Å². The number of piperazine rings is 1. The molecule has 30 heavy (non-hydrogen) atoms. The Balaban J connectivity index is 1.51. The van der Waals surface area contributed by atoms with Gasteiger partial charge in [0.05, 0.1) is 5.56 Å². The number of nitrogens with zero attached hydrogens (tertiary/aromatic N) is 4. The van der Waals surface area contributed by atoms with Crippen molar-refractivity contribution in [3.63, 3.8) is 0 Å². The summed E-state index contributed by atoms with van der Waals surface area (Å²) in [5, 5.41) is 4.48. The highest BCUT2D eigenvalue weighted by Crippen LogP contribution is 2.19. The number of anilines is 1. The fourth-order valence-electron chi connectivity index (χ4n) is 3.40. The highest BCUT2D eigenvalue weighted by molar-refractivity contribution is 7.14. The molecule has 0 bridgehead atoms. The molecule has 2 heterocycles. The first-order valence-electron chi connectivity index (χ1n) is 10.3. The van der Waals surface area contributed by atoms with Crippen LogP contribution in [-0.2, 0) is 0 Å². The van der Waals surface area contributed by atoms with Gasteiger partial charge in [-0.15, -0.1) is 11.3 Å². The number of halogens is 1. The van der Waals surface area contributed by atoms with E-state index in [1.54, 1.807) is 16.3 Å². The number of thiazole rings is 1. The van der Waals surface area contributed by atoms with E-state index >= 15 is 0 Å². The number of hydrogen-bond acceptors (Lipinski definition) is 6. The van der Waals surface area contributed by atoms with E-state index in [-0.39, 0.29) is 16.6 Å². The van der Waals surface area contributed by atoms with Crippen LogP contribution in [0.4, 0.5) is 9.52 Å². The highest BCUT2D eigenvalue weighted by Gasteiger charge is 2.24. The summed E-state index contributed by atoms with van der Waals surface area (Å²) in [6.07, 6.45) is 0. The number of rotatable bonds is 8. The smallest absolute Gasteiger partial charge is 0.273 e. The van der Waals surface area contributed by atoms with Crippen LogP contribution in [-0.4, -0.2) is 83.9 Å². The van der Waals surface area contributed by atoms with Crippen molar-refractivity contribution in [1.82, 2.24) is 19.7 Å². The molecule has 0 spiro atoms. The Labute approximate surface area is 180 Å². The third-order valence-electron chi connectivity index (χ3n) is 5.35. The molecule has 0 saturated carbocycles. The molecule has 162 valence electrons. The number of nitrogens with one attached hydrogen (secondary N) is 1. The first-order chi connectivity index (χ1) is 14.5. The van der Waals surface area contributed by atoms with Gasteiger partial charge in [0.15, 0.2) is 5.13 Å². The second-order valence-corrected chi connectivity index (χ2v) is 7.99. The zero-order valence-electron chi connectivity index (χ0n) is 17.4. The third-order valence-corrected chi connectivity index (χ3v) is 6.11. The van der Waals surface area contributed by atoms with Crippen LogP contribution in [0, 0.1) is 5.82 Å². The van der Waals surface area contributed by atoms with Crippen molar-refractivity contribution in [1.29, 1.82) is 0 Å². The molecule has 0 radical (unpaired) electrons. The summed E-state index contributed by atoms with van der Waals surface area (Å²) >= 11 is 1.16. The normalized spacial score (nSPS) is 14.9. The maximum Gasteiger partial charge on any atom is 0.273 e. The summed E-state index contributed by atoms with van der Waals surface area (Å²) in [6.45, 7) is 11.5. The molecule has 1 aromatic carbocycles. The van der Waals surface area contributed by atoms with Crippen LogP contribution in [0.1, 0.15) is 34.7 Å². The van der Waals surface area contributed by atoms with Gasteiger partial charge in [-0.05, 0) is 25.2 Å². The maximum absolute atomic E-state index is 13.7. The quantitative estimate of drug-likeness (QED) is 0.693. The molecule has 0 aliphatic carbocycles. The van der Waals surface area contributed by atoms with Gasteiger partial charge in [0.25, 0.3) is 11.8 Å². The Morgan fingerprint density at radius 3 is 2.53 bits per heavy atom. The Morgan fingerprint density at radius 1 is 1.17 bits per heavy atom. The van der Waals surface area contributed by atoms with Crippen molar-refractivity contribution in [2.24, 2.45) is 0 Å². The number of aromatic nitrogens is 1. The average molecular weight is 434 g/mol. The molecule has 1 saturated heterocycles. The standard InChI is InChI=1S/C21H28FN5O2S/c1-3-25(4-2)9-10-26-11-13-27(14-12-26)20(29)18-15-30-21(23-18)24-19(28)16-7-5-6-8-17(16)22/h5-8,15H,3-4,9-14H2,1-2H3,(H,23,24,28). The second-order valence-electron chi connectivity index (χ2n) is 7.13. The Morgan fingerprint density at radius 2 is 1.87 bits per heavy atom. The number of amides is 2. The summed E-state index contributed by atoms with van der Waals surface area (Å²) in [5.74, 6) is -1.31. The molecule has 0 atom stereocenters. The van der Waals surface area contributed by atoms with Gasteiger partial charge in [-0.25, -0.2) is 9.37 Å². The van der Waals surface area contributed by atoms with Gasteiger partial charge in [-0.3, -0.25) is 19.8 Å². The SMILES string of the molecule is CCN(CC)CCN1CCN(C(=O)c2csc(NC(=O)c3ccccc3F)n2)CC1. The van der Waals surface area contributed by atoms with E-state index in [9.17, 15) is 14.0 Å².